The molecule has 0 saturated heterocycles. The quantitative estimate of drug-likeness (QED) is 0.388. The first-order chi connectivity index (χ1) is 6.81. The van der Waals surface area contributed by atoms with Gasteiger partial charge in [-0.3, -0.25) is 4.55 Å². The van der Waals surface area contributed by atoms with Crippen molar-refractivity contribution in [1.29, 1.82) is 0 Å². The van der Waals surface area contributed by atoms with Gasteiger partial charge in [-0.05, 0) is 26.7 Å². The first-order valence-corrected chi connectivity index (χ1v) is 7.29. The third kappa shape index (κ3) is 12.2. The third-order valence-corrected chi connectivity index (χ3v) is 3.11. The summed E-state index contributed by atoms with van der Waals surface area (Å²) in [5, 5.41) is 0. The second-order valence-corrected chi connectivity index (χ2v) is 5.74. The van der Waals surface area contributed by atoms with Crippen LogP contribution in [-0.2, 0) is 19.2 Å². The number of hydrogen-bond acceptors (Lipinski definition) is 5. The summed E-state index contributed by atoms with van der Waals surface area (Å²) in [6.07, 6.45) is 0.628. The summed E-state index contributed by atoms with van der Waals surface area (Å²) >= 11 is 0. The zero-order valence-corrected chi connectivity index (χ0v) is 10.5. The van der Waals surface area contributed by atoms with E-state index in [1.165, 1.54) is 0 Å². The lowest BCUT2D eigenvalue weighted by Gasteiger charge is -2.12. The second-order valence-electron chi connectivity index (χ2n) is 3.22. The minimum Gasteiger partial charge on any atom is -0.328 e. The molecule has 0 bridgehead atoms. The van der Waals surface area contributed by atoms with E-state index in [-0.39, 0.29) is 18.5 Å². The molecule has 1 atom stereocenters. The maximum atomic E-state index is 10.3. The molecule has 0 radical (unpaired) electrons. The van der Waals surface area contributed by atoms with Gasteiger partial charge >= 0.3 is 8.60 Å². The van der Waals surface area contributed by atoms with Crippen molar-refractivity contribution >= 4 is 18.7 Å². The maximum absolute atomic E-state index is 10.3. The van der Waals surface area contributed by atoms with Crippen LogP contribution in [0.5, 0.6) is 0 Å². The number of unbranched alkanes of at least 4 members (excludes halogenated alkanes) is 1. The van der Waals surface area contributed by atoms with Gasteiger partial charge in [-0.15, -0.1) is 0 Å². The third-order valence-electron chi connectivity index (χ3n) is 1.30. The van der Waals surface area contributed by atoms with Crippen molar-refractivity contribution < 1.29 is 26.9 Å². The van der Waals surface area contributed by atoms with Crippen molar-refractivity contribution in [3.05, 3.63) is 0 Å². The van der Waals surface area contributed by atoms with Crippen LogP contribution >= 0.6 is 8.60 Å². The standard InChI is InChI=1S/C7H17O6PS/c1-7(2)13-14(8)12-5-3-4-6-15(9,10)11/h7-8H,3-6H2,1-2H3,(H,9,10,11). The number of rotatable bonds is 8. The molecule has 0 rings (SSSR count). The molecule has 0 aliphatic carbocycles. The van der Waals surface area contributed by atoms with Crippen LogP contribution in [0.1, 0.15) is 26.7 Å². The van der Waals surface area contributed by atoms with Crippen molar-refractivity contribution in [2.75, 3.05) is 12.4 Å². The van der Waals surface area contributed by atoms with E-state index in [0.717, 1.165) is 0 Å². The fourth-order valence-electron chi connectivity index (χ4n) is 0.740. The molecule has 0 fully saturated rings. The van der Waals surface area contributed by atoms with E-state index in [1.54, 1.807) is 13.8 Å². The highest BCUT2D eigenvalue weighted by Gasteiger charge is 2.09. The van der Waals surface area contributed by atoms with E-state index in [2.05, 4.69) is 0 Å². The molecular formula is C7H17O6PS. The molecule has 15 heavy (non-hydrogen) atoms. The Morgan fingerprint density at radius 1 is 1.33 bits per heavy atom. The van der Waals surface area contributed by atoms with E-state index in [0.29, 0.717) is 12.8 Å². The van der Waals surface area contributed by atoms with Crippen LogP contribution in [0.2, 0.25) is 0 Å². The topological polar surface area (TPSA) is 93.1 Å². The van der Waals surface area contributed by atoms with Crippen LogP contribution in [0.4, 0.5) is 0 Å². The summed E-state index contributed by atoms with van der Waals surface area (Å²) < 4.78 is 38.9. The van der Waals surface area contributed by atoms with Gasteiger partial charge in [0.25, 0.3) is 10.1 Å². The predicted octanol–water partition coefficient (Wildman–Crippen LogP) is 1.32. The van der Waals surface area contributed by atoms with Crippen LogP contribution in [0, 0.1) is 0 Å². The number of hydrogen-bond donors (Lipinski definition) is 2. The van der Waals surface area contributed by atoms with E-state index in [1.807, 2.05) is 0 Å². The molecule has 0 saturated carbocycles. The minimum absolute atomic E-state index is 0.112. The van der Waals surface area contributed by atoms with Gasteiger partial charge in [0.05, 0.1) is 18.5 Å². The van der Waals surface area contributed by atoms with Gasteiger partial charge in [0, 0.05) is 0 Å². The first-order valence-electron chi connectivity index (χ1n) is 4.55. The van der Waals surface area contributed by atoms with Crippen LogP contribution in [0.3, 0.4) is 0 Å². The molecule has 1 unspecified atom stereocenters. The first kappa shape index (κ1) is 15.2. The maximum Gasteiger partial charge on any atom is 0.330 e. The van der Waals surface area contributed by atoms with Gasteiger partial charge in [-0.25, -0.2) is 0 Å². The fourth-order valence-corrected chi connectivity index (χ4v) is 2.02. The molecule has 0 aliphatic heterocycles. The van der Waals surface area contributed by atoms with Crippen molar-refractivity contribution in [2.24, 2.45) is 0 Å². The second kappa shape index (κ2) is 7.49. The van der Waals surface area contributed by atoms with E-state index in [4.69, 9.17) is 18.5 Å². The lowest BCUT2D eigenvalue weighted by atomic mass is 10.4. The van der Waals surface area contributed by atoms with Crippen LogP contribution in [-0.4, -0.2) is 36.3 Å². The van der Waals surface area contributed by atoms with Crippen LogP contribution < -0.4 is 0 Å². The van der Waals surface area contributed by atoms with E-state index < -0.39 is 18.7 Å². The Labute approximate surface area is 91.3 Å². The van der Waals surface area contributed by atoms with Gasteiger partial charge in [0.1, 0.15) is 0 Å². The normalized spacial score (nSPS) is 14.5. The smallest absolute Gasteiger partial charge is 0.328 e. The van der Waals surface area contributed by atoms with Gasteiger partial charge in [0.2, 0.25) is 0 Å². The van der Waals surface area contributed by atoms with E-state index >= 15 is 0 Å². The Morgan fingerprint density at radius 3 is 2.40 bits per heavy atom. The lowest BCUT2D eigenvalue weighted by molar-refractivity contribution is 0.163. The van der Waals surface area contributed by atoms with Gasteiger partial charge in [0.15, 0.2) is 0 Å². The Hall–Kier alpha value is 0.220. The average molecular weight is 260 g/mol. The molecular weight excluding hydrogens is 243 g/mol. The molecule has 92 valence electrons. The molecule has 0 spiro atoms. The highest BCUT2D eigenvalue weighted by atomic mass is 32.2. The Balaban J connectivity index is 3.39. The summed E-state index contributed by atoms with van der Waals surface area (Å²) in [6, 6.07) is 0. The molecule has 0 heterocycles. The van der Waals surface area contributed by atoms with Crippen molar-refractivity contribution in [3.8, 4) is 0 Å². The van der Waals surface area contributed by atoms with Crippen molar-refractivity contribution in [1.82, 2.24) is 0 Å². The van der Waals surface area contributed by atoms with Crippen LogP contribution in [0.25, 0.3) is 0 Å². The molecule has 8 heteroatoms. The molecule has 0 aliphatic rings. The zero-order chi connectivity index (χ0) is 11.9. The summed E-state index contributed by atoms with van der Waals surface area (Å²) in [5.74, 6) is -0.287. The minimum atomic E-state index is -3.89. The average Bonchev–Trinajstić information content (AvgIpc) is 1.99. The SMILES string of the molecule is CC(C)OP(O)OCCCCS(=O)(=O)O. The largest absolute Gasteiger partial charge is 0.330 e. The Morgan fingerprint density at radius 2 is 1.93 bits per heavy atom. The zero-order valence-electron chi connectivity index (χ0n) is 8.79. The highest BCUT2D eigenvalue weighted by Crippen LogP contribution is 2.34. The molecule has 2 N–H and O–H groups in total. The summed E-state index contributed by atoms with van der Waals surface area (Å²) in [4.78, 5) is 9.13. The summed E-state index contributed by atoms with van der Waals surface area (Å²) in [6.45, 7) is 3.75. The van der Waals surface area contributed by atoms with E-state index in [9.17, 15) is 8.42 Å². The molecule has 0 amide bonds. The monoisotopic (exact) mass is 260 g/mol. The Kier molecular flexibility index (Phi) is 7.60. The molecule has 6 nitrogen and oxygen atoms in total. The molecule has 0 aromatic heterocycles. The summed E-state index contributed by atoms with van der Waals surface area (Å²) in [7, 11) is -5.76. The predicted molar refractivity (Wildman–Crippen MR) is 57.0 cm³/mol. The molecule has 0 aromatic rings. The van der Waals surface area contributed by atoms with Crippen molar-refractivity contribution in [2.45, 2.75) is 32.8 Å². The lowest BCUT2D eigenvalue weighted by Crippen LogP contribution is -2.05. The fraction of sp³-hybridized carbons (Fsp3) is 1.00. The summed E-state index contributed by atoms with van der Waals surface area (Å²) in [5.41, 5.74) is 0. The van der Waals surface area contributed by atoms with Crippen LogP contribution in [0.15, 0.2) is 0 Å². The van der Waals surface area contributed by atoms with Gasteiger partial charge in [-0.2, -0.15) is 8.42 Å². The Bertz CT molecular complexity index is 252. The van der Waals surface area contributed by atoms with Gasteiger partial charge < -0.3 is 13.9 Å². The molecule has 0 aromatic carbocycles. The van der Waals surface area contributed by atoms with Gasteiger partial charge in [-0.1, -0.05) is 0 Å². The van der Waals surface area contributed by atoms with Crippen molar-refractivity contribution in [3.63, 3.8) is 0 Å². The highest BCUT2D eigenvalue weighted by molar-refractivity contribution is 7.85.